The molecule has 0 radical (unpaired) electrons. The predicted molar refractivity (Wildman–Crippen MR) is 148 cm³/mol. The number of nitrogens with zero attached hydrogens (tertiary/aromatic N) is 1. The summed E-state index contributed by atoms with van der Waals surface area (Å²) in [5, 5.41) is 12.8. The molecule has 3 aromatic rings. The van der Waals surface area contributed by atoms with Crippen molar-refractivity contribution in [3.63, 3.8) is 0 Å². The lowest BCUT2D eigenvalue weighted by Gasteiger charge is -2.30. The molecule has 2 N–H and O–H groups in total. The molecule has 1 aliphatic carbocycles. The van der Waals surface area contributed by atoms with E-state index in [9.17, 15) is 36.6 Å². The van der Waals surface area contributed by atoms with Crippen LogP contribution in [0.1, 0.15) is 48.8 Å². The molecule has 0 unspecified atom stereocenters. The first-order chi connectivity index (χ1) is 19.9. The second-order valence-corrected chi connectivity index (χ2v) is 10.4. The fourth-order valence-electron chi connectivity index (χ4n) is 5.34. The number of aliphatic carboxylic acids is 1. The number of benzene rings is 3. The summed E-state index contributed by atoms with van der Waals surface area (Å²) >= 11 is 0. The summed E-state index contributed by atoms with van der Waals surface area (Å²) < 4.78 is 72.9. The van der Waals surface area contributed by atoms with Crippen molar-refractivity contribution in [3.05, 3.63) is 89.0 Å². The fourth-order valence-corrected chi connectivity index (χ4v) is 5.34. The standard InChI is InChI=1S/C31H31F5N2O4/c1-42-24-9-4-20(5-10-24)19-38(15-14-31(34,35)36)27-11-7-22(30(29(40)41)12-2-3-13-30)17-26(27)37-28(39)16-21-6-8-23(32)18-25(21)33/h4-11,17-18H,2-3,12-16,19H2,1H3,(H,37,39)(H,40,41). The van der Waals surface area contributed by atoms with E-state index in [0.717, 1.165) is 12.1 Å². The molecule has 6 nitrogen and oxygen atoms in total. The Morgan fingerprint density at radius 3 is 2.29 bits per heavy atom. The van der Waals surface area contributed by atoms with Crippen LogP contribution in [0.15, 0.2) is 60.7 Å². The highest BCUT2D eigenvalue weighted by Gasteiger charge is 2.43. The summed E-state index contributed by atoms with van der Waals surface area (Å²) in [7, 11) is 1.49. The van der Waals surface area contributed by atoms with Gasteiger partial charge in [0.15, 0.2) is 0 Å². The highest BCUT2D eigenvalue weighted by atomic mass is 19.4. The van der Waals surface area contributed by atoms with E-state index in [1.807, 2.05) is 0 Å². The maximum atomic E-state index is 14.3. The average molecular weight is 591 g/mol. The van der Waals surface area contributed by atoms with E-state index in [0.29, 0.717) is 48.6 Å². The fraction of sp³-hybridized carbons (Fsp3) is 0.355. The summed E-state index contributed by atoms with van der Waals surface area (Å²) in [5.41, 5.74) is 0.156. The van der Waals surface area contributed by atoms with Crippen LogP contribution in [0.25, 0.3) is 0 Å². The molecule has 1 fully saturated rings. The number of hydrogen-bond acceptors (Lipinski definition) is 4. The normalized spacial score (nSPS) is 14.4. The zero-order valence-electron chi connectivity index (χ0n) is 22.9. The van der Waals surface area contributed by atoms with Crippen molar-refractivity contribution in [1.82, 2.24) is 0 Å². The summed E-state index contributed by atoms with van der Waals surface area (Å²) in [5.74, 6) is -2.87. The highest BCUT2D eigenvalue weighted by Crippen LogP contribution is 2.44. The third kappa shape index (κ3) is 7.37. The first kappa shape index (κ1) is 30.8. The lowest BCUT2D eigenvalue weighted by atomic mass is 9.78. The van der Waals surface area contributed by atoms with Gasteiger partial charge in [0.1, 0.15) is 17.4 Å². The topological polar surface area (TPSA) is 78.9 Å². The predicted octanol–water partition coefficient (Wildman–Crippen LogP) is 7.01. The zero-order chi connectivity index (χ0) is 30.5. The minimum Gasteiger partial charge on any atom is -0.497 e. The Bertz CT molecular complexity index is 1420. The van der Waals surface area contributed by atoms with Crippen molar-refractivity contribution < 1.29 is 41.4 Å². The SMILES string of the molecule is COc1ccc(CN(CCC(F)(F)F)c2ccc(C3(C(=O)O)CCCC3)cc2NC(=O)Cc2ccc(F)cc2F)cc1. The van der Waals surface area contributed by atoms with Gasteiger partial charge in [-0.25, -0.2) is 8.78 Å². The molecule has 1 amide bonds. The average Bonchev–Trinajstić information content (AvgIpc) is 3.44. The molecule has 0 saturated heterocycles. The third-order valence-electron chi connectivity index (χ3n) is 7.59. The molecule has 1 saturated carbocycles. The van der Waals surface area contributed by atoms with Gasteiger partial charge in [-0.05, 0) is 59.9 Å². The van der Waals surface area contributed by atoms with Crippen LogP contribution in [-0.4, -0.2) is 36.8 Å². The lowest BCUT2D eigenvalue weighted by Crippen LogP contribution is -2.33. The third-order valence-corrected chi connectivity index (χ3v) is 7.59. The van der Waals surface area contributed by atoms with Crippen LogP contribution in [0.5, 0.6) is 5.75 Å². The Kier molecular flexibility index (Phi) is 9.38. The molecule has 11 heteroatoms. The molecule has 0 bridgehead atoms. The van der Waals surface area contributed by atoms with Crippen LogP contribution in [0.3, 0.4) is 0 Å². The number of anilines is 2. The Balaban J connectivity index is 1.74. The first-order valence-electron chi connectivity index (χ1n) is 13.5. The van der Waals surface area contributed by atoms with Gasteiger partial charge in [-0.1, -0.05) is 37.1 Å². The number of carbonyl (C=O) groups is 2. The van der Waals surface area contributed by atoms with Crippen LogP contribution in [-0.2, 0) is 28.0 Å². The van der Waals surface area contributed by atoms with Crippen molar-refractivity contribution in [3.8, 4) is 5.75 Å². The number of hydrogen-bond donors (Lipinski definition) is 2. The second kappa shape index (κ2) is 12.8. The highest BCUT2D eigenvalue weighted by molar-refractivity contribution is 5.96. The number of methoxy groups -OCH3 is 1. The number of halogens is 5. The second-order valence-electron chi connectivity index (χ2n) is 10.4. The van der Waals surface area contributed by atoms with E-state index < -0.39 is 54.5 Å². The maximum Gasteiger partial charge on any atom is 0.390 e. The van der Waals surface area contributed by atoms with Crippen molar-refractivity contribution in [2.75, 3.05) is 23.9 Å². The molecule has 42 heavy (non-hydrogen) atoms. The van der Waals surface area contributed by atoms with E-state index in [4.69, 9.17) is 4.74 Å². The maximum absolute atomic E-state index is 14.3. The molecular weight excluding hydrogens is 559 g/mol. The monoisotopic (exact) mass is 590 g/mol. The Labute approximate surface area is 240 Å². The molecule has 224 valence electrons. The van der Waals surface area contributed by atoms with Gasteiger partial charge in [-0.3, -0.25) is 9.59 Å². The number of amides is 1. The Morgan fingerprint density at radius 1 is 1.00 bits per heavy atom. The number of carboxylic acids is 1. The molecule has 0 atom stereocenters. The lowest BCUT2D eigenvalue weighted by molar-refractivity contribution is -0.143. The largest absolute Gasteiger partial charge is 0.497 e. The number of alkyl halides is 3. The van der Waals surface area contributed by atoms with Crippen LogP contribution >= 0.6 is 0 Å². The molecule has 1 aliphatic rings. The van der Waals surface area contributed by atoms with Gasteiger partial charge >= 0.3 is 12.1 Å². The number of nitrogens with one attached hydrogen (secondary N) is 1. The van der Waals surface area contributed by atoms with Crippen LogP contribution in [0, 0.1) is 11.6 Å². The van der Waals surface area contributed by atoms with Crippen molar-refractivity contribution >= 4 is 23.3 Å². The molecule has 0 spiro atoms. The number of carboxylic acid groups (broad SMARTS) is 1. The van der Waals surface area contributed by atoms with Gasteiger partial charge in [0.05, 0.1) is 36.7 Å². The minimum absolute atomic E-state index is 0.0406. The van der Waals surface area contributed by atoms with Crippen molar-refractivity contribution in [2.24, 2.45) is 0 Å². The van der Waals surface area contributed by atoms with Gasteiger partial charge in [0, 0.05) is 19.2 Å². The Morgan fingerprint density at radius 2 is 1.69 bits per heavy atom. The minimum atomic E-state index is -4.46. The molecule has 0 aliphatic heterocycles. The zero-order valence-corrected chi connectivity index (χ0v) is 22.9. The van der Waals surface area contributed by atoms with Gasteiger partial charge in [0.25, 0.3) is 0 Å². The Hall–Kier alpha value is -4.15. The van der Waals surface area contributed by atoms with E-state index >= 15 is 0 Å². The van der Waals surface area contributed by atoms with Crippen LogP contribution in [0.2, 0.25) is 0 Å². The smallest absolute Gasteiger partial charge is 0.390 e. The summed E-state index contributed by atoms with van der Waals surface area (Å²) in [4.78, 5) is 26.9. The number of ether oxygens (including phenoxy) is 1. The van der Waals surface area contributed by atoms with E-state index in [1.165, 1.54) is 24.1 Å². The molecule has 3 aromatic carbocycles. The van der Waals surface area contributed by atoms with Gasteiger partial charge in [0.2, 0.25) is 5.91 Å². The van der Waals surface area contributed by atoms with E-state index in [1.54, 1.807) is 30.3 Å². The van der Waals surface area contributed by atoms with Gasteiger partial charge in [-0.15, -0.1) is 0 Å². The molecule has 0 aromatic heterocycles. The molecule has 0 heterocycles. The first-order valence-corrected chi connectivity index (χ1v) is 13.5. The summed E-state index contributed by atoms with van der Waals surface area (Å²) in [6.45, 7) is -0.409. The van der Waals surface area contributed by atoms with E-state index in [2.05, 4.69) is 5.32 Å². The number of rotatable bonds is 11. The van der Waals surface area contributed by atoms with Gasteiger partial charge in [-0.2, -0.15) is 13.2 Å². The van der Waals surface area contributed by atoms with Gasteiger partial charge < -0.3 is 20.1 Å². The van der Waals surface area contributed by atoms with Crippen molar-refractivity contribution in [2.45, 2.75) is 56.7 Å². The van der Waals surface area contributed by atoms with Crippen LogP contribution in [0.4, 0.5) is 33.3 Å². The molecular formula is C31H31F5N2O4. The molecule has 4 rings (SSSR count). The van der Waals surface area contributed by atoms with Crippen LogP contribution < -0.4 is 15.0 Å². The van der Waals surface area contributed by atoms with Crippen molar-refractivity contribution in [1.29, 1.82) is 0 Å². The summed E-state index contributed by atoms with van der Waals surface area (Å²) in [6, 6.07) is 14.2. The summed E-state index contributed by atoms with van der Waals surface area (Å²) in [6.07, 6.45) is -3.94. The quantitative estimate of drug-likeness (QED) is 0.235. The van der Waals surface area contributed by atoms with E-state index in [-0.39, 0.29) is 23.5 Å². The number of carbonyl (C=O) groups excluding carboxylic acids is 1.